The molecule has 0 aromatic heterocycles. The minimum atomic E-state index is -0.397. The summed E-state index contributed by atoms with van der Waals surface area (Å²) < 4.78 is 5.62. The summed E-state index contributed by atoms with van der Waals surface area (Å²) >= 11 is 0. The second-order valence-electron chi connectivity index (χ2n) is 5.59. The van der Waals surface area contributed by atoms with Gasteiger partial charge in [0.2, 0.25) is 0 Å². The predicted molar refractivity (Wildman–Crippen MR) is 123 cm³/mol. The van der Waals surface area contributed by atoms with Gasteiger partial charge in [0.1, 0.15) is 11.4 Å². The quantitative estimate of drug-likeness (QED) is 0.122. The number of anilines is 1. The summed E-state index contributed by atoms with van der Waals surface area (Å²) in [6, 6.07) is 14.4. The van der Waals surface area contributed by atoms with Gasteiger partial charge in [-0.15, -0.1) is 24.0 Å². The maximum Gasteiger partial charge on any atom is 0.292 e. The Morgan fingerprint density at radius 2 is 1.82 bits per heavy atom. The molecule has 0 spiro atoms. The third-order valence-corrected chi connectivity index (χ3v) is 3.78. The monoisotopic (exact) mass is 499 g/mol. The molecular formula is C19H26IN5O3. The van der Waals surface area contributed by atoms with Gasteiger partial charge in [-0.3, -0.25) is 15.1 Å². The number of nitro groups is 1. The summed E-state index contributed by atoms with van der Waals surface area (Å²) in [4.78, 5) is 14.8. The van der Waals surface area contributed by atoms with Gasteiger partial charge in [-0.2, -0.15) is 0 Å². The molecule has 2 rings (SSSR count). The van der Waals surface area contributed by atoms with Gasteiger partial charge in [-0.25, -0.2) is 0 Å². The van der Waals surface area contributed by atoms with Crippen LogP contribution in [0.2, 0.25) is 0 Å². The number of para-hydroxylation sites is 3. The first-order valence-corrected chi connectivity index (χ1v) is 8.78. The second kappa shape index (κ2) is 12.8. The first-order chi connectivity index (χ1) is 13.2. The third kappa shape index (κ3) is 7.22. The summed E-state index contributed by atoms with van der Waals surface area (Å²) in [5.41, 5.74) is 1.60. The van der Waals surface area contributed by atoms with Crippen molar-refractivity contribution in [2.75, 3.05) is 32.1 Å². The molecule has 28 heavy (non-hydrogen) atoms. The number of nitrogens with zero attached hydrogens (tertiary/aromatic N) is 2. The maximum atomic E-state index is 11.0. The second-order valence-corrected chi connectivity index (χ2v) is 5.59. The number of nitrogens with one attached hydrogen (secondary N) is 3. The fourth-order valence-corrected chi connectivity index (χ4v) is 2.51. The molecule has 0 radical (unpaired) electrons. The van der Waals surface area contributed by atoms with Crippen molar-refractivity contribution >= 4 is 41.3 Å². The van der Waals surface area contributed by atoms with Crippen LogP contribution in [0.25, 0.3) is 0 Å². The number of halogens is 1. The van der Waals surface area contributed by atoms with E-state index in [1.807, 2.05) is 31.2 Å². The molecule has 0 heterocycles. The highest BCUT2D eigenvalue weighted by Gasteiger charge is 2.11. The lowest BCUT2D eigenvalue weighted by Gasteiger charge is -2.14. The lowest BCUT2D eigenvalue weighted by atomic mass is 10.2. The van der Waals surface area contributed by atoms with Crippen LogP contribution in [0.1, 0.15) is 12.5 Å². The van der Waals surface area contributed by atoms with E-state index in [4.69, 9.17) is 4.74 Å². The molecule has 152 valence electrons. The normalized spacial score (nSPS) is 10.6. The van der Waals surface area contributed by atoms with Gasteiger partial charge in [0.05, 0.1) is 11.5 Å². The summed E-state index contributed by atoms with van der Waals surface area (Å²) in [6.45, 7) is 4.21. The zero-order valence-corrected chi connectivity index (χ0v) is 18.3. The number of rotatable bonds is 9. The minimum absolute atomic E-state index is 0. The van der Waals surface area contributed by atoms with Gasteiger partial charge in [-0.05, 0) is 19.1 Å². The molecule has 2 aromatic rings. The summed E-state index contributed by atoms with van der Waals surface area (Å²) in [5.74, 6) is 1.49. The van der Waals surface area contributed by atoms with Crippen molar-refractivity contribution in [2.45, 2.75) is 13.5 Å². The molecule has 0 fully saturated rings. The van der Waals surface area contributed by atoms with Crippen LogP contribution in [0, 0.1) is 10.1 Å². The van der Waals surface area contributed by atoms with Gasteiger partial charge in [-0.1, -0.05) is 30.3 Å². The van der Waals surface area contributed by atoms with Crippen molar-refractivity contribution in [3.63, 3.8) is 0 Å². The van der Waals surface area contributed by atoms with Gasteiger partial charge < -0.3 is 20.7 Å². The van der Waals surface area contributed by atoms with E-state index in [-0.39, 0.29) is 29.7 Å². The Labute approximate surface area is 181 Å². The maximum absolute atomic E-state index is 11.0. The molecule has 3 N–H and O–H groups in total. The van der Waals surface area contributed by atoms with E-state index in [1.165, 1.54) is 6.07 Å². The van der Waals surface area contributed by atoms with E-state index in [9.17, 15) is 10.1 Å². The average molecular weight is 499 g/mol. The lowest BCUT2D eigenvalue weighted by Crippen LogP contribution is -2.39. The van der Waals surface area contributed by atoms with Crippen molar-refractivity contribution in [3.8, 4) is 5.75 Å². The number of hydrogen-bond donors (Lipinski definition) is 3. The number of ether oxygens (including phenoxy) is 1. The van der Waals surface area contributed by atoms with Crippen LogP contribution in [0.15, 0.2) is 53.5 Å². The zero-order chi connectivity index (χ0) is 19.5. The molecule has 0 amide bonds. The highest BCUT2D eigenvalue weighted by Crippen LogP contribution is 2.22. The Morgan fingerprint density at radius 3 is 2.54 bits per heavy atom. The van der Waals surface area contributed by atoms with Crippen molar-refractivity contribution in [1.82, 2.24) is 10.6 Å². The van der Waals surface area contributed by atoms with E-state index < -0.39 is 4.92 Å². The van der Waals surface area contributed by atoms with E-state index in [2.05, 4.69) is 20.9 Å². The molecule has 8 nitrogen and oxygen atoms in total. The minimum Gasteiger partial charge on any atom is -0.494 e. The molecule has 0 aliphatic carbocycles. The van der Waals surface area contributed by atoms with Crippen molar-refractivity contribution in [2.24, 2.45) is 4.99 Å². The third-order valence-electron chi connectivity index (χ3n) is 3.78. The fourth-order valence-electron chi connectivity index (χ4n) is 2.51. The summed E-state index contributed by atoms with van der Waals surface area (Å²) in [5, 5.41) is 20.5. The van der Waals surface area contributed by atoms with Crippen LogP contribution in [-0.4, -0.2) is 37.6 Å². The molecule has 0 aliphatic heterocycles. The Bertz CT molecular complexity index is 786. The van der Waals surface area contributed by atoms with E-state index >= 15 is 0 Å². The molecule has 9 heteroatoms. The SMILES string of the molecule is CCOc1ccccc1CNC(=NC)NCCNc1ccccc1[N+](=O)[O-].I. The van der Waals surface area contributed by atoms with Gasteiger partial charge in [0.25, 0.3) is 5.69 Å². The number of aliphatic imine (C=N–C) groups is 1. The number of hydrogen-bond acceptors (Lipinski definition) is 5. The van der Waals surface area contributed by atoms with Crippen molar-refractivity contribution < 1.29 is 9.66 Å². The predicted octanol–water partition coefficient (Wildman–Crippen LogP) is 3.39. The average Bonchev–Trinajstić information content (AvgIpc) is 2.69. The van der Waals surface area contributed by atoms with Crippen LogP contribution >= 0.6 is 24.0 Å². The largest absolute Gasteiger partial charge is 0.494 e. The number of guanidine groups is 1. The molecule has 0 unspecified atom stereocenters. The molecule has 0 saturated heterocycles. The van der Waals surface area contributed by atoms with Crippen molar-refractivity contribution in [3.05, 3.63) is 64.2 Å². The van der Waals surface area contributed by atoms with Crippen LogP contribution in [-0.2, 0) is 6.54 Å². The van der Waals surface area contributed by atoms with Gasteiger partial charge in [0.15, 0.2) is 5.96 Å². The zero-order valence-electron chi connectivity index (χ0n) is 16.0. The Morgan fingerprint density at radius 1 is 1.11 bits per heavy atom. The number of benzene rings is 2. The smallest absolute Gasteiger partial charge is 0.292 e. The Balaban J connectivity index is 0.00000392. The molecule has 0 bridgehead atoms. The number of nitro benzene ring substituents is 1. The molecule has 0 aliphatic rings. The molecule has 0 saturated carbocycles. The summed E-state index contributed by atoms with van der Waals surface area (Å²) in [6.07, 6.45) is 0. The highest BCUT2D eigenvalue weighted by atomic mass is 127. The first-order valence-electron chi connectivity index (χ1n) is 8.78. The first kappa shape index (κ1) is 23.5. The van der Waals surface area contributed by atoms with Crippen molar-refractivity contribution in [1.29, 1.82) is 0 Å². The van der Waals surface area contributed by atoms with Crippen LogP contribution in [0.5, 0.6) is 5.75 Å². The molecule has 2 aromatic carbocycles. The van der Waals surface area contributed by atoms with E-state index in [0.717, 1.165) is 11.3 Å². The Kier molecular flexibility index (Phi) is 10.7. The van der Waals surface area contributed by atoms with Gasteiger partial charge >= 0.3 is 0 Å². The summed E-state index contributed by atoms with van der Waals surface area (Å²) in [7, 11) is 1.69. The fraction of sp³-hybridized carbons (Fsp3) is 0.316. The van der Waals surface area contributed by atoms with Crippen LogP contribution in [0.3, 0.4) is 0 Å². The van der Waals surface area contributed by atoms with Crippen LogP contribution in [0.4, 0.5) is 11.4 Å². The Hall–Kier alpha value is -2.56. The van der Waals surface area contributed by atoms with E-state index in [0.29, 0.717) is 37.9 Å². The topological polar surface area (TPSA) is 101 Å². The standard InChI is InChI=1S/C19H25N5O3.HI/c1-3-27-18-11-7-4-8-15(18)14-23-19(20-2)22-13-12-21-16-9-5-6-10-17(16)24(25)26;/h4-11,21H,3,12-14H2,1-2H3,(H2,20,22,23);1H. The lowest BCUT2D eigenvalue weighted by molar-refractivity contribution is -0.384. The van der Waals surface area contributed by atoms with Gasteiger partial charge in [0, 0.05) is 38.3 Å². The van der Waals surface area contributed by atoms with Crippen LogP contribution < -0.4 is 20.7 Å². The van der Waals surface area contributed by atoms with E-state index in [1.54, 1.807) is 25.2 Å². The molecule has 0 atom stereocenters. The highest BCUT2D eigenvalue weighted by molar-refractivity contribution is 14.0. The molecular weight excluding hydrogens is 473 g/mol.